The lowest BCUT2D eigenvalue weighted by molar-refractivity contribution is 0.632. The van der Waals surface area contributed by atoms with Gasteiger partial charge in [0, 0.05) is 56.1 Å². The van der Waals surface area contributed by atoms with E-state index in [-0.39, 0.29) is 10.8 Å². The monoisotopic (exact) mass is 973 g/mol. The molecule has 0 fully saturated rings. The second kappa shape index (κ2) is 17.7. The van der Waals surface area contributed by atoms with Crippen LogP contribution < -0.4 is 9.80 Å². The highest BCUT2D eigenvalue weighted by Crippen LogP contribution is 2.56. The lowest BCUT2D eigenvalue weighted by atomic mass is 9.80. The van der Waals surface area contributed by atoms with Gasteiger partial charge in [0.2, 0.25) is 0 Å². The van der Waals surface area contributed by atoms with E-state index >= 15 is 0 Å². The number of fused-ring (bicyclic) bond motifs is 8. The summed E-state index contributed by atoms with van der Waals surface area (Å²) < 4.78 is 0. The van der Waals surface area contributed by atoms with Crippen molar-refractivity contribution < 1.29 is 0 Å². The maximum Gasteiger partial charge on any atom is 0.0750 e. The molecule has 2 aliphatic rings. The normalized spacial score (nSPS) is 13.5. The average molecular weight is 974 g/mol. The Hall–Kier alpha value is -9.31. The SMILES string of the molecule is CC1(C)c2cc(-c3ccc(-c4ccc(N(c5ccccc5)c5ccccc5)cc4)c4ccccc34)ccc2-c2nc3c(cc21)-c1ccc(-c2ccc(N(c4ccccc4)c4ccc5ccccc5c4)cc2)cc1C3(C)C. The predicted octanol–water partition coefficient (Wildman–Crippen LogP) is 19.9. The molecule has 0 saturated heterocycles. The largest absolute Gasteiger partial charge is 0.311 e. The summed E-state index contributed by atoms with van der Waals surface area (Å²) in [6, 6.07) is 95.3. The lowest BCUT2D eigenvalue weighted by Crippen LogP contribution is -2.18. The molecule has 12 aromatic rings. The van der Waals surface area contributed by atoms with E-state index in [0.29, 0.717) is 0 Å². The number of benzene rings is 11. The highest BCUT2D eigenvalue weighted by molar-refractivity contribution is 6.05. The van der Waals surface area contributed by atoms with Crippen LogP contribution in [0.25, 0.3) is 77.3 Å². The molecule has 0 amide bonds. The summed E-state index contributed by atoms with van der Waals surface area (Å²) in [7, 11) is 0. The van der Waals surface area contributed by atoms with Crippen LogP contribution in [0.2, 0.25) is 0 Å². The molecule has 2 aliphatic carbocycles. The van der Waals surface area contributed by atoms with Gasteiger partial charge in [-0.05, 0) is 168 Å². The minimum atomic E-state index is -0.285. The zero-order valence-corrected chi connectivity index (χ0v) is 43.2. The lowest BCUT2D eigenvalue weighted by Gasteiger charge is -2.26. The third-order valence-electron chi connectivity index (χ3n) is 16.4. The molecular weight excluding hydrogens is 919 g/mol. The van der Waals surface area contributed by atoms with Crippen LogP contribution in [0, 0.1) is 0 Å². The van der Waals surface area contributed by atoms with Gasteiger partial charge in [-0.2, -0.15) is 0 Å². The van der Waals surface area contributed by atoms with Crippen molar-refractivity contribution in [2.75, 3.05) is 9.80 Å². The molecule has 0 N–H and O–H groups in total. The van der Waals surface area contributed by atoms with Gasteiger partial charge in [-0.3, -0.25) is 4.98 Å². The van der Waals surface area contributed by atoms with Crippen LogP contribution in [0.3, 0.4) is 0 Å². The summed E-state index contributed by atoms with van der Waals surface area (Å²) >= 11 is 0. The van der Waals surface area contributed by atoms with E-state index < -0.39 is 0 Å². The quantitative estimate of drug-likeness (QED) is 0.144. The molecule has 1 heterocycles. The van der Waals surface area contributed by atoms with Crippen molar-refractivity contribution in [3.63, 3.8) is 0 Å². The molecule has 3 heteroatoms. The van der Waals surface area contributed by atoms with E-state index in [4.69, 9.17) is 4.98 Å². The van der Waals surface area contributed by atoms with Gasteiger partial charge in [-0.1, -0.05) is 198 Å². The first kappa shape index (κ1) is 45.3. The highest BCUT2D eigenvalue weighted by atomic mass is 15.1. The molecule has 0 saturated carbocycles. The van der Waals surface area contributed by atoms with Crippen LogP contribution >= 0.6 is 0 Å². The molecule has 0 radical (unpaired) electrons. The van der Waals surface area contributed by atoms with Gasteiger partial charge in [0.25, 0.3) is 0 Å². The second-order valence-corrected chi connectivity index (χ2v) is 21.6. The van der Waals surface area contributed by atoms with Crippen molar-refractivity contribution >= 4 is 55.7 Å². The Bertz CT molecular complexity index is 4160. The molecule has 0 atom stereocenters. The molecule has 76 heavy (non-hydrogen) atoms. The number of para-hydroxylation sites is 3. The molecular formula is C73H55N3. The molecule has 1 aromatic heterocycles. The van der Waals surface area contributed by atoms with E-state index in [9.17, 15) is 0 Å². The van der Waals surface area contributed by atoms with Crippen LogP contribution in [0.5, 0.6) is 0 Å². The first-order valence-corrected chi connectivity index (χ1v) is 26.5. The number of anilines is 6. The molecule has 0 unspecified atom stereocenters. The fourth-order valence-corrected chi connectivity index (χ4v) is 12.4. The number of aromatic nitrogens is 1. The van der Waals surface area contributed by atoms with E-state index in [0.717, 1.165) is 45.5 Å². The topological polar surface area (TPSA) is 19.4 Å². The van der Waals surface area contributed by atoms with E-state index in [1.165, 1.54) is 88.3 Å². The smallest absolute Gasteiger partial charge is 0.0750 e. The molecule has 11 aromatic carbocycles. The molecule has 0 spiro atoms. The summed E-state index contributed by atoms with van der Waals surface area (Å²) in [6.07, 6.45) is 0. The van der Waals surface area contributed by atoms with Crippen molar-refractivity contribution in [1.82, 2.24) is 4.98 Å². The zero-order chi connectivity index (χ0) is 51.1. The van der Waals surface area contributed by atoms with Crippen molar-refractivity contribution in [3.05, 3.63) is 283 Å². The van der Waals surface area contributed by atoms with Gasteiger partial charge < -0.3 is 9.80 Å². The average Bonchev–Trinajstić information content (AvgIpc) is 3.95. The Morgan fingerprint density at radius 3 is 1.33 bits per heavy atom. The van der Waals surface area contributed by atoms with Crippen molar-refractivity contribution in [2.45, 2.75) is 38.5 Å². The Balaban J connectivity index is 0.764. The van der Waals surface area contributed by atoms with Gasteiger partial charge in [-0.25, -0.2) is 0 Å². The number of pyridine rings is 1. The molecule has 0 bridgehead atoms. The second-order valence-electron chi connectivity index (χ2n) is 21.6. The van der Waals surface area contributed by atoms with Crippen LogP contribution in [0.1, 0.15) is 50.1 Å². The first-order valence-electron chi connectivity index (χ1n) is 26.5. The first-order chi connectivity index (χ1) is 37.2. The summed E-state index contributed by atoms with van der Waals surface area (Å²) in [6.45, 7) is 9.46. The summed E-state index contributed by atoms with van der Waals surface area (Å²) in [5.41, 5.74) is 23.4. The van der Waals surface area contributed by atoms with Crippen LogP contribution in [0.15, 0.2) is 261 Å². The maximum atomic E-state index is 5.69. The van der Waals surface area contributed by atoms with Gasteiger partial charge in [-0.15, -0.1) is 0 Å². The minimum Gasteiger partial charge on any atom is -0.311 e. The van der Waals surface area contributed by atoms with Gasteiger partial charge >= 0.3 is 0 Å². The van der Waals surface area contributed by atoms with Crippen LogP contribution in [-0.4, -0.2) is 4.98 Å². The third-order valence-corrected chi connectivity index (χ3v) is 16.4. The van der Waals surface area contributed by atoms with Gasteiger partial charge in [0.15, 0.2) is 0 Å². The molecule has 14 rings (SSSR count). The Labute approximate surface area is 445 Å². The number of hydrogen-bond donors (Lipinski definition) is 0. The van der Waals surface area contributed by atoms with E-state index in [2.05, 4.69) is 298 Å². The number of hydrogen-bond acceptors (Lipinski definition) is 3. The van der Waals surface area contributed by atoms with Crippen molar-refractivity contribution in [3.8, 4) is 55.8 Å². The standard InChI is InChI=1S/C73H55N3/c1-72(2)68-46-53(61-43-42-60(62-26-16-17-27-63(61)62)50-31-37-57(38-32-50)75(54-20-8-5-9-21-54)55-22-10-6-11-23-55)34-41-65(68)70-69(72)47-66-64-40-33-52(45-67(64)73(3,4)71(66)74-70)49-28-35-58(36-29-49)76(56-24-12-7-13-25-56)59-39-30-48-18-14-15-19-51(48)44-59/h5-47H,1-4H3. The number of rotatable bonds is 9. The van der Waals surface area contributed by atoms with Crippen molar-refractivity contribution in [2.24, 2.45) is 0 Å². The van der Waals surface area contributed by atoms with E-state index in [1.807, 2.05) is 0 Å². The molecule has 0 aliphatic heterocycles. The van der Waals surface area contributed by atoms with Gasteiger partial charge in [0.05, 0.1) is 11.4 Å². The summed E-state index contributed by atoms with van der Waals surface area (Å²) in [4.78, 5) is 10.3. The van der Waals surface area contributed by atoms with E-state index in [1.54, 1.807) is 0 Å². The Morgan fingerprint density at radius 2 is 0.711 bits per heavy atom. The van der Waals surface area contributed by atoms with Crippen LogP contribution in [-0.2, 0) is 10.8 Å². The molecule has 3 nitrogen and oxygen atoms in total. The molecule has 362 valence electrons. The van der Waals surface area contributed by atoms with Crippen LogP contribution in [0.4, 0.5) is 34.1 Å². The van der Waals surface area contributed by atoms with Crippen molar-refractivity contribution in [1.29, 1.82) is 0 Å². The zero-order valence-electron chi connectivity index (χ0n) is 43.2. The summed E-state index contributed by atoms with van der Waals surface area (Å²) in [5.74, 6) is 0. The number of nitrogens with zero attached hydrogens (tertiary/aromatic N) is 3. The third kappa shape index (κ3) is 7.37. The minimum absolute atomic E-state index is 0.247. The van der Waals surface area contributed by atoms with Gasteiger partial charge in [0.1, 0.15) is 0 Å². The summed E-state index contributed by atoms with van der Waals surface area (Å²) in [5, 5.41) is 4.95. The maximum absolute atomic E-state index is 5.69. The Kier molecular flexibility index (Phi) is 10.5. The highest BCUT2D eigenvalue weighted by Gasteiger charge is 2.43. The fraction of sp³-hybridized carbons (Fsp3) is 0.0822. The fourth-order valence-electron chi connectivity index (χ4n) is 12.4. The Morgan fingerprint density at radius 1 is 0.276 bits per heavy atom. The predicted molar refractivity (Wildman–Crippen MR) is 320 cm³/mol.